The van der Waals surface area contributed by atoms with E-state index in [0.717, 1.165) is 42.5 Å². The normalized spacial score (nSPS) is 11.1. The number of likely N-dealkylation sites (N-methyl/N-ethyl adjacent to an activating group) is 1. The van der Waals surface area contributed by atoms with Crippen molar-refractivity contribution >= 4 is 22.9 Å². The van der Waals surface area contributed by atoms with E-state index in [0.29, 0.717) is 0 Å². The summed E-state index contributed by atoms with van der Waals surface area (Å²) in [6.07, 6.45) is 3.90. The fourth-order valence-corrected chi connectivity index (χ4v) is 3.00. The van der Waals surface area contributed by atoms with Gasteiger partial charge in [-0.05, 0) is 43.7 Å². The molecule has 0 spiro atoms. The molecule has 2 heterocycles. The Balaban J connectivity index is 1.53. The molecule has 0 aliphatic carbocycles. The Labute approximate surface area is 148 Å². The summed E-state index contributed by atoms with van der Waals surface area (Å²) in [5.41, 5.74) is 4.52. The van der Waals surface area contributed by atoms with Gasteiger partial charge in [-0.25, -0.2) is 4.98 Å². The summed E-state index contributed by atoms with van der Waals surface area (Å²) < 4.78 is 1.96. The first-order chi connectivity index (χ1) is 11.7. The predicted molar refractivity (Wildman–Crippen MR) is 101 cm³/mol. The van der Waals surface area contributed by atoms with Crippen molar-refractivity contribution < 1.29 is 0 Å². The smallest absolute Gasteiger partial charge is 0.137 e. The van der Waals surface area contributed by atoms with Crippen LogP contribution in [0.4, 0.5) is 5.69 Å². The van der Waals surface area contributed by atoms with E-state index in [4.69, 9.17) is 11.6 Å². The van der Waals surface area contributed by atoms with Crippen LogP contribution in [0.15, 0.2) is 48.8 Å². The van der Waals surface area contributed by atoms with Gasteiger partial charge in [-0.15, -0.1) is 0 Å². The fraction of sp³-hybridized carbons (Fsp3) is 0.316. The van der Waals surface area contributed by atoms with Crippen molar-refractivity contribution in [2.24, 2.45) is 0 Å². The number of hydrogen-bond donors (Lipinski definition) is 1. The summed E-state index contributed by atoms with van der Waals surface area (Å²) in [6, 6.07) is 12.4. The van der Waals surface area contributed by atoms with Gasteiger partial charge in [-0.1, -0.05) is 23.7 Å². The molecule has 0 unspecified atom stereocenters. The summed E-state index contributed by atoms with van der Waals surface area (Å²) in [5.74, 6) is 0. The Morgan fingerprint density at radius 1 is 1.21 bits per heavy atom. The molecule has 0 radical (unpaired) electrons. The zero-order valence-electron chi connectivity index (χ0n) is 14.2. The number of nitrogens with one attached hydrogen (secondary N) is 1. The summed E-state index contributed by atoms with van der Waals surface area (Å²) >= 11 is 6.01. The number of halogens is 1. The second-order valence-corrected chi connectivity index (χ2v) is 6.38. The maximum atomic E-state index is 6.01. The molecule has 0 aliphatic rings. The Hall–Kier alpha value is -2.04. The molecule has 5 heteroatoms. The molecule has 3 aromatic rings. The third-order valence-electron chi connectivity index (χ3n) is 4.08. The van der Waals surface area contributed by atoms with Crippen molar-refractivity contribution in [3.8, 4) is 0 Å². The lowest BCUT2D eigenvalue weighted by molar-refractivity contribution is 0.658. The van der Waals surface area contributed by atoms with Crippen LogP contribution in [0.2, 0.25) is 5.02 Å². The van der Waals surface area contributed by atoms with Crippen LogP contribution in [0.1, 0.15) is 18.2 Å². The van der Waals surface area contributed by atoms with Crippen molar-refractivity contribution in [1.82, 2.24) is 14.7 Å². The van der Waals surface area contributed by atoms with Gasteiger partial charge in [0.1, 0.15) is 5.65 Å². The molecule has 126 valence electrons. The highest BCUT2D eigenvalue weighted by atomic mass is 35.5. The minimum atomic E-state index is 0.719. The number of fused-ring (bicyclic) bond motifs is 1. The van der Waals surface area contributed by atoms with E-state index in [1.165, 1.54) is 11.3 Å². The maximum absolute atomic E-state index is 6.01. The molecule has 2 aromatic heterocycles. The van der Waals surface area contributed by atoms with Crippen molar-refractivity contribution in [2.75, 3.05) is 24.5 Å². The Morgan fingerprint density at radius 3 is 2.88 bits per heavy atom. The zero-order chi connectivity index (χ0) is 16.9. The highest BCUT2D eigenvalue weighted by Gasteiger charge is 2.05. The molecular formula is C19H23ClN4. The lowest BCUT2D eigenvalue weighted by Crippen LogP contribution is -2.31. The van der Waals surface area contributed by atoms with Crippen LogP contribution >= 0.6 is 11.6 Å². The number of aryl methyl sites for hydroxylation is 1. The summed E-state index contributed by atoms with van der Waals surface area (Å²) in [4.78, 5) is 6.97. The first-order valence-corrected chi connectivity index (χ1v) is 8.69. The van der Waals surface area contributed by atoms with Gasteiger partial charge in [0.25, 0.3) is 0 Å². The van der Waals surface area contributed by atoms with E-state index in [-0.39, 0.29) is 0 Å². The van der Waals surface area contributed by atoms with Crippen LogP contribution in [0, 0.1) is 6.92 Å². The van der Waals surface area contributed by atoms with E-state index < -0.39 is 0 Å². The van der Waals surface area contributed by atoms with Gasteiger partial charge in [-0.2, -0.15) is 0 Å². The van der Waals surface area contributed by atoms with E-state index in [1.807, 2.05) is 28.9 Å². The van der Waals surface area contributed by atoms with E-state index in [2.05, 4.69) is 53.3 Å². The van der Waals surface area contributed by atoms with Gasteiger partial charge >= 0.3 is 0 Å². The highest BCUT2D eigenvalue weighted by molar-refractivity contribution is 6.30. The number of imidazole rings is 1. The number of benzene rings is 1. The lowest BCUT2D eigenvalue weighted by Gasteiger charge is -2.23. The van der Waals surface area contributed by atoms with Gasteiger partial charge in [0.15, 0.2) is 0 Å². The monoisotopic (exact) mass is 342 g/mol. The molecule has 24 heavy (non-hydrogen) atoms. The molecule has 0 aliphatic heterocycles. The van der Waals surface area contributed by atoms with E-state index in [9.17, 15) is 0 Å². The topological polar surface area (TPSA) is 32.6 Å². The zero-order valence-corrected chi connectivity index (χ0v) is 14.9. The summed E-state index contributed by atoms with van der Waals surface area (Å²) in [5, 5.41) is 4.19. The molecule has 0 saturated carbocycles. The van der Waals surface area contributed by atoms with Crippen molar-refractivity contribution in [2.45, 2.75) is 20.4 Å². The number of anilines is 1. The van der Waals surface area contributed by atoms with Crippen LogP contribution in [0.3, 0.4) is 0 Å². The number of hydrogen-bond acceptors (Lipinski definition) is 3. The quantitative estimate of drug-likeness (QED) is 0.661. The van der Waals surface area contributed by atoms with Crippen molar-refractivity contribution in [3.05, 3.63) is 65.1 Å². The number of aromatic nitrogens is 2. The number of pyridine rings is 1. The first kappa shape index (κ1) is 16.8. The third-order valence-corrected chi connectivity index (χ3v) is 4.30. The molecule has 0 fully saturated rings. The SMILES string of the molecule is CCN(CCNCc1cn2cc(Cl)ccc2n1)c1cccc(C)c1. The minimum absolute atomic E-state index is 0.719. The van der Waals surface area contributed by atoms with Gasteiger partial charge < -0.3 is 14.6 Å². The number of nitrogens with zero attached hydrogens (tertiary/aromatic N) is 3. The molecule has 0 amide bonds. The molecule has 0 saturated heterocycles. The van der Waals surface area contributed by atoms with Crippen molar-refractivity contribution in [1.29, 1.82) is 0 Å². The average molecular weight is 343 g/mol. The maximum Gasteiger partial charge on any atom is 0.137 e. The lowest BCUT2D eigenvalue weighted by atomic mass is 10.2. The van der Waals surface area contributed by atoms with Crippen LogP contribution in [0.25, 0.3) is 5.65 Å². The van der Waals surface area contributed by atoms with Gasteiger partial charge in [0.05, 0.1) is 10.7 Å². The second-order valence-electron chi connectivity index (χ2n) is 5.94. The van der Waals surface area contributed by atoms with Crippen LogP contribution < -0.4 is 10.2 Å². The largest absolute Gasteiger partial charge is 0.371 e. The molecule has 3 rings (SSSR count). The third kappa shape index (κ3) is 4.08. The van der Waals surface area contributed by atoms with E-state index >= 15 is 0 Å². The van der Waals surface area contributed by atoms with Crippen LogP contribution in [-0.4, -0.2) is 29.0 Å². The second kappa shape index (κ2) is 7.69. The van der Waals surface area contributed by atoms with Gasteiger partial charge in [0.2, 0.25) is 0 Å². The number of rotatable bonds is 7. The Kier molecular flexibility index (Phi) is 5.38. The summed E-state index contributed by atoms with van der Waals surface area (Å²) in [6.45, 7) is 7.96. The van der Waals surface area contributed by atoms with Crippen molar-refractivity contribution in [3.63, 3.8) is 0 Å². The predicted octanol–water partition coefficient (Wildman–Crippen LogP) is 3.91. The van der Waals surface area contributed by atoms with E-state index in [1.54, 1.807) is 0 Å². The van der Waals surface area contributed by atoms with Crippen LogP contribution in [-0.2, 0) is 6.54 Å². The molecule has 1 N–H and O–H groups in total. The van der Waals surface area contributed by atoms with Gasteiger partial charge in [-0.3, -0.25) is 0 Å². The highest BCUT2D eigenvalue weighted by Crippen LogP contribution is 2.15. The fourth-order valence-electron chi connectivity index (χ4n) is 2.83. The molecule has 1 aromatic carbocycles. The molecule has 0 atom stereocenters. The minimum Gasteiger partial charge on any atom is -0.371 e. The molecule has 0 bridgehead atoms. The molecule has 4 nitrogen and oxygen atoms in total. The van der Waals surface area contributed by atoms with Gasteiger partial charge in [0, 0.05) is 44.3 Å². The van der Waals surface area contributed by atoms with Crippen LogP contribution in [0.5, 0.6) is 0 Å². The Morgan fingerprint density at radius 2 is 2.08 bits per heavy atom. The summed E-state index contributed by atoms with van der Waals surface area (Å²) in [7, 11) is 0. The standard InChI is InChI=1S/C19H23ClN4/c1-3-23(18-6-4-5-15(2)11-18)10-9-21-12-17-14-24-13-16(20)7-8-19(24)22-17/h4-8,11,13-14,21H,3,9-10,12H2,1-2H3. The average Bonchev–Trinajstić information content (AvgIpc) is 2.96. The molecular weight excluding hydrogens is 320 g/mol. The first-order valence-electron chi connectivity index (χ1n) is 8.31. The Bertz CT molecular complexity index is 812.